The number of carboxylic acid groups (broad SMARTS) is 1. The van der Waals surface area contributed by atoms with Crippen LogP contribution in [0.4, 0.5) is 0 Å². The van der Waals surface area contributed by atoms with Crippen LogP contribution in [0, 0.1) is 11.3 Å². The number of carbonyl (C=O) groups is 2. The molecule has 1 aliphatic rings. The maximum Gasteiger partial charge on any atom is 0.303 e. The molecule has 0 unspecified atom stereocenters. The van der Waals surface area contributed by atoms with Gasteiger partial charge < -0.3 is 10.4 Å². The van der Waals surface area contributed by atoms with Gasteiger partial charge in [0.1, 0.15) is 0 Å². The molecule has 2 N–H and O–H groups in total. The predicted molar refractivity (Wildman–Crippen MR) is 65.6 cm³/mol. The third-order valence-electron chi connectivity index (χ3n) is 3.80. The minimum Gasteiger partial charge on any atom is -0.481 e. The van der Waals surface area contributed by atoms with Crippen LogP contribution in [0.15, 0.2) is 0 Å². The number of amides is 1. The SMILES string of the molecule is CC(C)C1(CNC(=O)CCCCC(=O)O)CC1. The summed E-state index contributed by atoms with van der Waals surface area (Å²) in [7, 11) is 0. The quantitative estimate of drug-likeness (QED) is 0.640. The molecule has 4 nitrogen and oxygen atoms in total. The first kappa shape index (κ1) is 14.0. The molecule has 0 bridgehead atoms. The zero-order valence-electron chi connectivity index (χ0n) is 10.8. The van der Waals surface area contributed by atoms with Crippen LogP contribution in [-0.4, -0.2) is 23.5 Å². The zero-order valence-corrected chi connectivity index (χ0v) is 10.8. The van der Waals surface area contributed by atoms with Crippen molar-refractivity contribution in [3.63, 3.8) is 0 Å². The third-order valence-corrected chi connectivity index (χ3v) is 3.80. The van der Waals surface area contributed by atoms with E-state index < -0.39 is 5.97 Å². The summed E-state index contributed by atoms with van der Waals surface area (Å²) in [6.07, 6.45) is 4.27. The van der Waals surface area contributed by atoms with Crippen molar-refractivity contribution in [3.8, 4) is 0 Å². The minimum atomic E-state index is -0.790. The molecule has 1 amide bonds. The van der Waals surface area contributed by atoms with E-state index in [1.165, 1.54) is 12.8 Å². The number of hydrogen-bond donors (Lipinski definition) is 2. The molecule has 0 radical (unpaired) electrons. The van der Waals surface area contributed by atoms with Gasteiger partial charge in [0.15, 0.2) is 0 Å². The van der Waals surface area contributed by atoms with Gasteiger partial charge in [0.05, 0.1) is 0 Å². The second-order valence-corrected chi connectivity index (χ2v) is 5.39. The van der Waals surface area contributed by atoms with Crippen LogP contribution in [-0.2, 0) is 9.59 Å². The zero-order chi connectivity index (χ0) is 12.9. The fourth-order valence-corrected chi connectivity index (χ4v) is 2.04. The summed E-state index contributed by atoms with van der Waals surface area (Å²) in [6, 6.07) is 0. The Morgan fingerprint density at radius 3 is 2.29 bits per heavy atom. The highest BCUT2D eigenvalue weighted by atomic mass is 16.4. The number of hydrogen-bond acceptors (Lipinski definition) is 2. The maximum atomic E-state index is 11.5. The predicted octanol–water partition coefficient (Wildman–Crippen LogP) is 2.18. The van der Waals surface area contributed by atoms with Gasteiger partial charge in [-0.3, -0.25) is 9.59 Å². The van der Waals surface area contributed by atoms with Gasteiger partial charge in [0.2, 0.25) is 5.91 Å². The van der Waals surface area contributed by atoms with Crippen LogP contribution in [0.2, 0.25) is 0 Å². The molecule has 98 valence electrons. The number of carbonyl (C=O) groups excluding carboxylic acids is 1. The van der Waals surface area contributed by atoms with Gasteiger partial charge in [-0.2, -0.15) is 0 Å². The Hall–Kier alpha value is -1.06. The van der Waals surface area contributed by atoms with Crippen molar-refractivity contribution in [1.82, 2.24) is 5.32 Å². The molecule has 0 aliphatic heterocycles. The highest BCUT2D eigenvalue weighted by molar-refractivity contribution is 5.76. The fourth-order valence-electron chi connectivity index (χ4n) is 2.04. The van der Waals surface area contributed by atoms with Gasteiger partial charge in [-0.15, -0.1) is 0 Å². The van der Waals surface area contributed by atoms with E-state index >= 15 is 0 Å². The largest absolute Gasteiger partial charge is 0.481 e. The molecule has 0 atom stereocenters. The number of rotatable bonds is 8. The van der Waals surface area contributed by atoms with E-state index in [4.69, 9.17) is 5.11 Å². The van der Waals surface area contributed by atoms with Crippen molar-refractivity contribution in [1.29, 1.82) is 0 Å². The van der Waals surface area contributed by atoms with E-state index in [9.17, 15) is 9.59 Å². The van der Waals surface area contributed by atoms with E-state index in [-0.39, 0.29) is 12.3 Å². The second kappa shape index (κ2) is 6.03. The first-order valence-electron chi connectivity index (χ1n) is 6.45. The molecular formula is C13H23NO3. The van der Waals surface area contributed by atoms with Crippen molar-refractivity contribution in [2.75, 3.05) is 6.54 Å². The van der Waals surface area contributed by atoms with Crippen LogP contribution >= 0.6 is 0 Å². The molecule has 1 aliphatic carbocycles. The summed E-state index contributed by atoms with van der Waals surface area (Å²) in [5.41, 5.74) is 0.344. The second-order valence-electron chi connectivity index (χ2n) is 5.39. The van der Waals surface area contributed by atoms with Crippen molar-refractivity contribution in [3.05, 3.63) is 0 Å². The summed E-state index contributed by atoms with van der Waals surface area (Å²) in [5, 5.41) is 11.4. The lowest BCUT2D eigenvalue weighted by molar-refractivity contribution is -0.137. The van der Waals surface area contributed by atoms with Crippen LogP contribution < -0.4 is 5.32 Å². The lowest BCUT2D eigenvalue weighted by Crippen LogP contribution is -2.32. The van der Waals surface area contributed by atoms with Crippen molar-refractivity contribution in [2.45, 2.75) is 52.4 Å². The molecular weight excluding hydrogens is 218 g/mol. The molecule has 0 heterocycles. The Bertz CT molecular complexity index is 282. The molecule has 1 saturated carbocycles. The monoisotopic (exact) mass is 241 g/mol. The highest BCUT2D eigenvalue weighted by Gasteiger charge is 2.45. The smallest absolute Gasteiger partial charge is 0.303 e. The van der Waals surface area contributed by atoms with Crippen LogP contribution in [0.1, 0.15) is 52.4 Å². The van der Waals surface area contributed by atoms with Crippen LogP contribution in [0.5, 0.6) is 0 Å². The first-order chi connectivity index (χ1) is 7.96. The van der Waals surface area contributed by atoms with Crippen molar-refractivity contribution < 1.29 is 14.7 Å². The first-order valence-corrected chi connectivity index (χ1v) is 6.45. The summed E-state index contributed by atoms with van der Waals surface area (Å²) < 4.78 is 0. The van der Waals surface area contributed by atoms with Gasteiger partial charge in [-0.05, 0) is 37.0 Å². The number of aliphatic carboxylic acids is 1. The summed E-state index contributed by atoms with van der Waals surface area (Å²) in [4.78, 5) is 21.8. The van der Waals surface area contributed by atoms with Crippen LogP contribution in [0.25, 0.3) is 0 Å². The molecule has 0 spiro atoms. The van der Waals surface area contributed by atoms with E-state index in [0.29, 0.717) is 30.6 Å². The number of nitrogens with one attached hydrogen (secondary N) is 1. The minimum absolute atomic E-state index is 0.0577. The Balaban J connectivity index is 2.08. The molecule has 0 saturated heterocycles. The topological polar surface area (TPSA) is 66.4 Å². The normalized spacial score (nSPS) is 16.9. The van der Waals surface area contributed by atoms with E-state index in [2.05, 4.69) is 19.2 Å². The highest BCUT2D eigenvalue weighted by Crippen LogP contribution is 2.51. The summed E-state index contributed by atoms with van der Waals surface area (Å²) >= 11 is 0. The van der Waals surface area contributed by atoms with E-state index in [1.807, 2.05) is 0 Å². The molecule has 0 aromatic rings. The Kier molecular flexibility index (Phi) is 4.97. The van der Waals surface area contributed by atoms with Gasteiger partial charge in [-0.25, -0.2) is 0 Å². The molecule has 17 heavy (non-hydrogen) atoms. The Morgan fingerprint density at radius 1 is 1.24 bits per heavy atom. The average Bonchev–Trinajstić information content (AvgIpc) is 3.02. The van der Waals surface area contributed by atoms with E-state index in [1.54, 1.807) is 0 Å². The molecule has 4 heteroatoms. The third kappa shape index (κ3) is 4.75. The van der Waals surface area contributed by atoms with Crippen molar-refractivity contribution in [2.24, 2.45) is 11.3 Å². The standard InChI is InChI=1S/C13H23NO3/c1-10(2)13(7-8-13)9-14-11(15)5-3-4-6-12(16)17/h10H,3-9H2,1-2H3,(H,14,15)(H,16,17). The molecule has 1 fully saturated rings. The summed E-state index contributed by atoms with van der Waals surface area (Å²) in [5.74, 6) is -0.112. The Morgan fingerprint density at radius 2 is 1.82 bits per heavy atom. The summed E-state index contributed by atoms with van der Waals surface area (Å²) in [6.45, 7) is 5.18. The number of carboxylic acids is 1. The molecule has 0 aromatic heterocycles. The average molecular weight is 241 g/mol. The van der Waals surface area contributed by atoms with E-state index in [0.717, 1.165) is 6.54 Å². The molecule has 1 rings (SSSR count). The van der Waals surface area contributed by atoms with Crippen LogP contribution in [0.3, 0.4) is 0 Å². The van der Waals surface area contributed by atoms with Gasteiger partial charge in [-0.1, -0.05) is 13.8 Å². The van der Waals surface area contributed by atoms with Gasteiger partial charge >= 0.3 is 5.97 Å². The fraction of sp³-hybridized carbons (Fsp3) is 0.846. The lowest BCUT2D eigenvalue weighted by atomic mass is 9.92. The van der Waals surface area contributed by atoms with Gasteiger partial charge in [0, 0.05) is 19.4 Å². The lowest BCUT2D eigenvalue weighted by Gasteiger charge is -2.19. The maximum absolute atomic E-state index is 11.5. The van der Waals surface area contributed by atoms with Gasteiger partial charge in [0.25, 0.3) is 0 Å². The number of unbranched alkanes of at least 4 members (excludes halogenated alkanes) is 1. The Labute approximate surface area is 103 Å². The van der Waals surface area contributed by atoms with Crippen molar-refractivity contribution >= 4 is 11.9 Å². The molecule has 0 aromatic carbocycles.